The number of benzene rings is 1. The van der Waals surface area contributed by atoms with Crippen molar-refractivity contribution in [1.29, 1.82) is 0 Å². The molecule has 0 saturated carbocycles. The number of carbonyl (C=O) groups is 1. The van der Waals surface area contributed by atoms with Crippen molar-refractivity contribution in [3.05, 3.63) is 59.9 Å². The SMILES string of the molecule is CC(=O)OCC1Cc2ccc(Oc3ccc(C(C=CN)=NCOCC[Si](C)(C)C)cn3)cc2O1. The van der Waals surface area contributed by atoms with E-state index >= 15 is 0 Å². The molecule has 1 aliphatic rings. The molecule has 1 unspecified atom stereocenters. The van der Waals surface area contributed by atoms with Crippen LogP contribution in [-0.2, 0) is 20.7 Å². The molecule has 0 amide bonds. The number of carbonyl (C=O) groups excluding carboxylic acids is 1. The molecule has 9 heteroatoms. The summed E-state index contributed by atoms with van der Waals surface area (Å²) in [6.07, 6.45) is 5.37. The Hall–Kier alpha value is -3.17. The zero-order chi connectivity index (χ0) is 24.6. The largest absolute Gasteiger partial charge is 0.486 e. The minimum atomic E-state index is -1.13. The summed E-state index contributed by atoms with van der Waals surface area (Å²) in [5, 5.41) is 0. The quantitative estimate of drug-likeness (QED) is 0.220. The van der Waals surface area contributed by atoms with E-state index in [1.165, 1.54) is 13.1 Å². The van der Waals surface area contributed by atoms with Gasteiger partial charge in [-0.1, -0.05) is 25.7 Å². The van der Waals surface area contributed by atoms with Crippen LogP contribution in [-0.4, -0.2) is 50.8 Å². The predicted molar refractivity (Wildman–Crippen MR) is 134 cm³/mol. The van der Waals surface area contributed by atoms with Gasteiger partial charge in [-0.25, -0.2) is 4.98 Å². The summed E-state index contributed by atoms with van der Waals surface area (Å²) >= 11 is 0. The van der Waals surface area contributed by atoms with Crippen molar-refractivity contribution in [3.63, 3.8) is 0 Å². The fourth-order valence-corrected chi connectivity index (χ4v) is 4.01. The summed E-state index contributed by atoms with van der Waals surface area (Å²) in [7, 11) is -1.13. The first-order valence-electron chi connectivity index (χ1n) is 11.3. The van der Waals surface area contributed by atoms with Crippen molar-refractivity contribution in [2.45, 2.75) is 45.1 Å². The number of aliphatic imine (C=N–C) groups is 1. The van der Waals surface area contributed by atoms with Crippen LogP contribution in [0.4, 0.5) is 0 Å². The smallest absolute Gasteiger partial charge is 0.302 e. The van der Waals surface area contributed by atoms with Crippen LogP contribution in [0.2, 0.25) is 25.7 Å². The number of nitrogens with zero attached hydrogens (tertiary/aromatic N) is 2. The summed E-state index contributed by atoms with van der Waals surface area (Å²) in [6, 6.07) is 10.4. The number of ether oxygens (including phenoxy) is 4. The van der Waals surface area contributed by atoms with E-state index in [2.05, 4.69) is 29.6 Å². The molecule has 1 aromatic heterocycles. The maximum absolute atomic E-state index is 11.0. The van der Waals surface area contributed by atoms with Crippen LogP contribution in [0.3, 0.4) is 0 Å². The maximum Gasteiger partial charge on any atom is 0.302 e. The van der Waals surface area contributed by atoms with Gasteiger partial charge in [0.15, 0.2) is 0 Å². The molecule has 2 heterocycles. The van der Waals surface area contributed by atoms with Gasteiger partial charge in [-0.3, -0.25) is 9.79 Å². The monoisotopic (exact) mass is 483 g/mol. The third-order valence-corrected chi connectivity index (χ3v) is 6.79. The standard InChI is InChI=1S/C25H33N3O5Si/c1-18(29)31-16-22-13-19-5-7-21(14-24(19)32-22)33-25-8-6-20(15-27-25)23(9-10-26)28-17-30-11-12-34(2,3)4/h5-10,14-15,22H,11-13,16-17,26H2,1-4H3. The highest BCUT2D eigenvalue weighted by atomic mass is 28.3. The summed E-state index contributed by atoms with van der Waals surface area (Å²) in [4.78, 5) is 19.9. The van der Waals surface area contributed by atoms with Crippen molar-refractivity contribution in [2.75, 3.05) is 19.9 Å². The van der Waals surface area contributed by atoms with Crippen molar-refractivity contribution in [1.82, 2.24) is 4.98 Å². The van der Waals surface area contributed by atoms with Gasteiger partial charge in [0.25, 0.3) is 0 Å². The van der Waals surface area contributed by atoms with Gasteiger partial charge in [-0.05, 0) is 36.0 Å². The normalized spacial score (nSPS) is 15.8. The van der Waals surface area contributed by atoms with Crippen LogP contribution in [0.5, 0.6) is 17.4 Å². The molecule has 8 nitrogen and oxygen atoms in total. The zero-order valence-corrected chi connectivity index (χ0v) is 21.2. The molecule has 3 rings (SSSR count). The zero-order valence-electron chi connectivity index (χ0n) is 20.2. The molecule has 0 aliphatic carbocycles. The number of aromatic nitrogens is 1. The van der Waals surface area contributed by atoms with Crippen LogP contribution in [0.1, 0.15) is 18.1 Å². The molecule has 0 bridgehead atoms. The number of rotatable bonds is 11. The Balaban J connectivity index is 1.58. The molecule has 34 heavy (non-hydrogen) atoms. The maximum atomic E-state index is 11.0. The Morgan fingerprint density at radius 1 is 1.29 bits per heavy atom. The van der Waals surface area contributed by atoms with E-state index in [4.69, 9.17) is 24.7 Å². The summed E-state index contributed by atoms with van der Waals surface area (Å²) in [6.45, 7) is 9.54. The van der Waals surface area contributed by atoms with E-state index in [9.17, 15) is 4.79 Å². The Bertz CT molecular complexity index is 1030. The number of pyridine rings is 1. The van der Waals surface area contributed by atoms with Gasteiger partial charge >= 0.3 is 5.97 Å². The van der Waals surface area contributed by atoms with Crippen LogP contribution < -0.4 is 15.2 Å². The van der Waals surface area contributed by atoms with Crippen LogP contribution in [0.25, 0.3) is 0 Å². The third kappa shape index (κ3) is 8.00. The van der Waals surface area contributed by atoms with Crippen molar-refractivity contribution >= 4 is 19.8 Å². The summed E-state index contributed by atoms with van der Waals surface area (Å²) in [5.74, 6) is 1.46. The summed E-state index contributed by atoms with van der Waals surface area (Å²) in [5.41, 5.74) is 8.15. The lowest BCUT2D eigenvalue weighted by molar-refractivity contribution is -0.143. The number of fused-ring (bicyclic) bond motifs is 1. The molecule has 182 valence electrons. The average molecular weight is 484 g/mol. The van der Waals surface area contributed by atoms with E-state index in [0.29, 0.717) is 30.4 Å². The lowest BCUT2D eigenvalue weighted by atomic mass is 10.1. The predicted octanol–water partition coefficient (Wildman–Crippen LogP) is 4.31. The molecule has 0 saturated heterocycles. The van der Waals surface area contributed by atoms with E-state index < -0.39 is 8.07 Å². The molecule has 2 aromatic rings. The summed E-state index contributed by atoms with van der Waals surface area (Å²) < 4.78 is 22.5. The highest BCUT2D eigenvalue weighted by Gasteiger charge is 2.24. The van der Waals surface area contributed by atoms with Crippen LogP contribution in [0.15, 0.2) is 53.8 Å². The van der Waals surface area contributed by atoms with Gasteiger partial charge in [0, 0.05) is 51.9 Å². The van der Waals surface area contributed by atoms with Crippen molar-refractivity contribution in [2.24, 2.45) is 10.7 Å². The molecule has 0 fully saturated rings. The average Bonchev–Trinajstić information content (AvgIpc) is 3.19. The minimum absolute atomic E-state index is 0.181. The molecular formula is C25H33N3O5Si. The second-order valence-electron chi connectivity index (χ2n) is 9.25. The second kappa shape index (κ2) is 11.8. The lowest BCUT2D eigenvalue weighted by Crippen LogP contribution is -2.21. The number of hydrogen-bond acceptors (Lipinski definition) is 8. The molecule has 1 atom stereocenters. The first-order valence-corrected chi connectivity index (χ1v) is 15.0. The minimum Gasteiger partial charge on any atom is -0.486 e. The molecule has 2 N–H and O–H groups in total. The van der Waals surface area contributed by atoms with E-state index in [1.54, 1.807) is 18.3 Å². The third-order valence-electron chi connectivity index (χ3n) is 5.08. The first kappa shape index (κ1) is 25.4. The fourth-order valence-electron chi connectivity index (χ4n) is 3.25. The van der Waals surface area contributed by atoms with Gasteiger partial charge < -0.3 is 24.7 Å². The first-order chi connectivity index (χ1) is 16.2. The Morgan fingerprint density at radius 2 is 2.12 bits per heavy atom. The van der Waals surface area contributed by atoms with E-state index in [-0.39, 0.29) is 25.4 Å². The molecule has 1 aromatic carbocycles. The molecular weight excluding hydrogens is 450 g/mol. The van der Waals surface area contributed by atoms with Crippen molar-refractivity contribution in [3.8, 4) is 17.4 Å². The Morgan fingerprint density at radius 3 is 2.79 bits per heavy atom. The van der Waals surface area contributed by atoms with Gasteiger partial charge in [-0.2, -0.15) is 0 Å². The highest BCUT2D eigenvalue weighted by Crippen LogP contribution is 2.34. The van der Waals surface area contributed by atoms with Crippen LogP contribution in [0, 0.1) is 0 Å². The van der Waals surface area contributed by atoms with Crippen LogP contribution >= 0.6 is 0 Å². The number of hydrogen-bond donors (Lipinski definition) is 1. The lowest BCUT2D eigenvalue weighted by Gasteiger charge is -2.14. The Labute approximate surface area is 201 Å². The van der Waals surface area contributed by atoms with Gasteiger partial charge in [0.1, 0.15) is 30.9 Å². The van der Waals surface area contributed by atoms with Gasteiger partial charge in [-0.15, -0.1) is 0 Å². The number of allylic oxidation sites excluding steroid dienone is 1. The topological polar surface area (TPSA) is 105 Å². The molecule has 0 radical (unpaired) electrons. The fraction of sp³-hybridized carbons (Fsp3) is 0.400. The second-order valence-corrected chi connectivity index (χ2v) is 14.9. The van der Waals surface area contributed by atoms with E-state index in [1.807, 2.05) is 24.3 Å². The number of nitrogens with two attached hydrogens (primary N) is 1. The Kier molecular flexibility index (Phi) is 8.83. The van der Waals surface area contributed by atoms with Crippen molar-refractivity contribution < 1.29 is 23.7 Å². The number of esters is 1. The van der Waals surface area contributed by atoms with E-state index in [0.717, 1.165) is 22.9 Å². The van der Waals surface area contributed by atoms with Gasteiger partial charge in [0.2, 0.25) is 5.88 Å². The van der Waals surface area contributed by atoms with Gasteiger partial charge in [0.05, 0.1) is 5.71 Å². The molecule has 1 aliphatic heterocycles. The molecule has 0 spiro atoms. The highest BCUT2D eigenvalue weighted by molar-refractivity contribution is 6.76.